The first kappa shape index (κ1) is 15.1. The van der Waals surface area contributed by atoms with Gasteiger partial charge in [-0.3, -0.25) is 0 Å². The van der Waals surface area contributed by atoms with Gasteiger partial charge >= 0.3 is 0 Å². The minimum Gasteiger partial charge on any atom is -0.0847 e. The molecule has 2 aliphatic carbocycles. The number of allylic oxidation sites excluding steroid dienone is 2. The molecule has 0 amide bonds. The third-order valence-corrected chi connectivity index (χ3v) is 5.91. The van der Waals surface area contributed by atoms with Gasteiger partial charge in [-0.1, -0.05) is 66.0 Å². The summed E-state index contributed by atoms with van der Waals surface area (Å²) in [5, 5.41) is 0. The van der Waals surface area contributed by atoms with Crippen molar-refractivity contribution in [2.45, 2.75) is 73.6 Å². The molecule has 0 nitrogen and oxygen atoms in total. The van der Waals surface area contributed by atoms with Crippen molar-refractivity contribution in [2.75, 3.05) is 0 Å². The second-order valence-corrected chi connectivity index (χ2v) is 8.64. The summed E-state index contributed by atoms with van der Waals surface area (Å²) < 4.78 is 0. The van der Waals surface area contributed by atoms with E-state index < -0.39 is 0 Å². The molecule has 5 atom stereocenters. The van der Waals surface area contributed by atoms with Crippen LogP contribution in [0.2, 0.25) is 0 Å². The van der Waals surface area contributed by atoms with Crippen LogP contribution in [0.25, 0.3) is 0 Å². The van der Waals surface area contributed by atoms with Crippen molar-refractivity contribution >= 4 is 0 Å². The maximum atomic E-state index is 2.62. The van der Waals surface area contributed by atoms with Gasteiger partial charge in [0.1, 0.15) is 0 Å². The highest BCUT2D eigenvalue weighted by atomic mass is 14.4. The van der Waals surface area contributed by atoms with Gasteiger partial charge in [0.25, 0.3) is 0 Å². The smallest absolute Gasteiger partial charge is 0.0203 e. The molecule has 5 unspecified atom stereocenters. The van der Waals surface area contributed by atoms with Crippen molar-refractivity contribution in [3.63, 3.8) is 0 Å². The summed E-state index contributed by atoms with van der Waals surface area (Å²) in [5.41, 5.74) is 2.18. The molecule has 0 aromatic carbocycles. The summed E-state index contributed by atoms with van der Waals surface area (Å²) in [7, 11) is 0. The number of hydrogen-bond acceptors (Lipinski definition) is 0. The standard InChI is InChI=1S/C19H34/c1-13-8-7-9-17(13)18-11-10-16(12-19(4,5)6)14(2)15(18)3/h10,13-15,17-18H,7-9,11-12H2,1-6H3. The average molecular weight is 262 g/mol. The SMILES string of the molecule is CC1CCCC1C1CC=C(CC(C)(C)C)C(C)C1C. The van der Waals surface area contributed by atoms with Crippen molar-refractivity contribution in [3.8, 4) is 0 Å². The monoisotopic (exact) mass is 262 g/mol. The van der Waals surface area contributed by atoms with Gasteiger partial charge in [-0.15, -0.1) is 0 Å². The van der Waals surface area contributed by atoms with Crippen molar-refractivity contribution in [1.29, 1.82) is 0 Å². The van der Waals surface area contributed by atoms with E-state index in [0.717, 1.165) is 29.6 Å². The van der Waals surface area contributed by atoms with Crippen LogP contribution in [0.3, 0.4) is 0 Å². The Morgan fingerprint density at radius 1 is 1.05 bits per heavy atom. The molecule has 0 saturated heterocycles. The molecule has 2 rings (SSSR count). The zero-order valence-electron chi connectivity index (χ0n) is 14.0. The molecule has 0 heteroatoms. The molecule has 0 aliphatic heterocycles. The zero-order valence-corrected chi connectivity index (χ0v) is 14.0. The Morgan fingerprint density at radius 3 is 2.26 bits per heavy atom. The van der Waals surface area contributed by atoms with E-state index in [2.05, 4.69) is 47.6 Å². The van der Waals surface area contributed by atoms with Crippen LogP contribution in [0.1, 0.15) is 73.6 Å². The van der Waals surface area contributed by atoms with E-state index in [-0.39, 0.29) is 0 Å². The van der Waals surface area contributed by atoms with Crippen molar-refractivity contribution < 1.29 is 0 Å². The van der Waals surface area contributed by atoms with E-state index in [1.165, 1.54) is 32.1 Å². The normalized spacial score (nSPS) is 40.3. The second-order valence-electron chi connectivity index (χ2n) is 8.64. The lowest BCUT2D eigenvalue weighted by Gasteiger charge is -2.40. The largest absolute Gasteiger partial charge is 0.0847 e. The Hall–Kier alpha value is -0.260. The molecule has 0 aromatic heterocycles. The van der Waals surface area contributed by atoms with Crippen LogP contribution in [0.15, 0.2) is 11.6 Å². The van der Waals surface area contributed by atoms with Crippen molar-refractivity contribution in [1.82, 2.24) is 0 Å². The van der Waals surface area contributed by atoms with Gasteiger partial charge < -0.3 is 0 Å². The molecule has 0 spiro atoms. The van der Waals surface area contributed by atoms with Gasteiger partial charge in [0.2, 0.25) is 0 Å². The lowest BCUT2D eigenvalue weighted by Crippen LogP contribution is -2.32. The van der Waals surface area contributed by atoms with E-state index in [0.29, 0.717) is 5.41 Å². The van der Waals surface area contributed by atoms with Crippen LogP contribution < -0.4 is 0 Å². The molecule has 0 radical (unpaired) electrons. The van der Waals surface area contributed by atoms with Gasteiger partial charge in [-0.25, -0.2) is 0 Å². The van der Waals surface area contributed by atoms with E-state index in [1.54, 1.807) is 5.57 Å². The van der Waals surface area contributed by atoms with E-state index >= 15 is 0 Å². The van der Waals surface area contributed by atoms with Crippen LogP contribution in [0, 0.1) is 35.0 Å². The first-order valence-electron chi connectivity index (χ1n) is 8.48. The molecule has 1 saturated carbocycles. The summed E-state index contributed by atoms with van der Waals surface area (Å²) in [5.74, 6) is 4.61. The van der Waals surface area contributed by atoms with Gasteiger partial charge in [0.15, 0.2) is 0 Å². The highest BCUT2D eigenvalue weighted by molar-refractivity contribution is 5.14. The molecule has 0 heterocycles. The molecular formula is C19H34. The van der Waals surface area contributed by atoms with E-state index in [9.17, 15) is 0 Å². The predicted octanol–water partition coefficient (Wildman–Crippen LogP) is 6.08. The van der Waals surface area contributed by atoms with Crippen molar-refractivity contribution in [3.05, 3.63) is 11.6 Å². The van der Waals surface area contributed by atoms with E-state index in [4.69, 9.17) is 0 Å². The summed E-state index contributed by atoms with van der Waals surface area (Å²) in [6, 6.07) is 0. The topological polar surface area (TPSA) is 0 Å². The molecule has 19 heavy (non-hydrogen) atoms. The minimum absolute atomic E-state index is 0.438. The first-order chi connectivity index (χ1) is 8.79. The summed E-state index contributed by atoms with van der Waals surface area (Å²) in [6.07, 6.45) is 9.69. The van der Waals surface area contributed by atoms with Crippen molar-refractivity contribution in [2.24, 2.45) is 35.0 Å². The lowest BCUT2D eigenvalue weighted by molar-refractivity contribution is 0.155. The fourth-order valence-corrected chi connectivity index (χ4v) is 4.62. The van der Waals surface area contributed by atoms with Crippen LogP contribution in [0.4, 0.5) is 0 Å². The number of hydrogen-bond donors (Lipinski definition) is 0. The Bertz CT molecular complexity index is 330. The first-order valence-corrected chi connectivity index (χ1v) is 8.48. The van der Waals surface area contributed by atoms with Crippen LogP contribution >= 0.6 is 0 Å². The van der Waals surface area contributed by atoms with Gasteiger partial charge in [0.05, 0.1) is 0 Å². The molecule has 110 valence electrons. The van der Waals surface area contributed by atoms with Gasteiger partial charge in [-0.2, -0.15) is 0 Å². The van der Waals surface area contributed by atoms with Gasteiger partial charge in [-0.05, 0) is 54.3 Å². The third kappa shape index (κ3) is 3.44. The predicted molar refractivity (Wildman–Crippen MR) is 85.1 cm³/mol. The molecular weight excluding hydrogens is 228 g/mol. The Labute approximate surface area is 121 Å². The van der Waals surface area contributed by atoms with E-state index in [1.807, 2.05) is 0 Å². The summed E-state index contributed by atoms with van der Waals surface area (Å²) in [6.45, 7) is 14.6. The highest BCUT2D eigenvalue weighted by Crippen LogP contribution is 2.48. The Balaban J connectivity index is 2.08. The minimum atomic E-state index is 0.438. The lowest BCUT2D eigenvalue weighted by atomic mass is 9.65. The molecule has 1 fully saturated rings. The Morgan fingerprint density at radius 2 is 1.74 bits per heavy atom. The summed E-state index contributed by atoms with van der Waals surface area (Å²) >= 11 is 0. The maximum Gasteiger partial charge on any atom is -0.0203 e. The maximum absolute atomic E-state index is 2.62. The zero-order chi connectivity index (χ0) is 14.2. The van der Waals surface area contributed by atoms with Gasteiger partial charge in [0, 0.05) is 0 Å². The summed E-state index contributed by atoms with van der Waals surface area (Å²) in [4.78, 5) is 0. The second kappa shape index (κ2) is 5.62. The Kier molecular flexibility index (Phi) is 4.48. The average Bonchev–Trinajstić information content (AvgIpc) is 2.70. The molecule has 0 aromatic rings. The fraction of sp³-hybridized carbons (Fsp3) is 0.895. The molecule has 2 aliphatic rings. The van der Waals surface area contributed by atoms with Crippen LogP contribution in [-0.4, -0.2) is 0 Å². The highest BCUT2D eigenvalue weighted by Gasteiger charge is 2.38. The van der Waals surface area contributed by atoms with Crippen LogP contribution in [-0.2, 0) is 0 Å². The quantitative estimate of drug-likeness (QED) is 0.529. The fourth-order valence-electron chi connectivity index (χ4n) is 4.62. The molecule has 0 bridgehead atoms. The number of rotatable bonds is 2. The van der Waals surface area contributed by atoms with Crippen LogP contribution in [0.5, 0.6) is 0 Å². The third-order valence-electron chi connectivity index (χ3n) is 5.91. The molecule has 0 N–H and O–H groups in total.